The Kier molecular flexibility index (Phi) is 9.46. The number of amides is 1. The number of hydrogen-bond acceptors (Lipinski definition) is 5. The molecule has 0 radical (unpaired) electrons. The quantitative estimate of drug-likeness (QED) is 0.191. The van der Waals surface area contributed by atoms with Crippen molar-refractivity contribution in [3.8, 4) is 23.1 Å². The Labute approximate surface area is 262 Å². The summed E-state index contributed by atoms with van der Waals surface area (Å²) in [5.74, 6) is 5.20. The Bertz CT molecular complexity index is 1770. The lowest BCUT2D eigenvalue weighted by Crippen LogP contribution is -2.44. The molecule has 5 rings (SSSR count). The lowest BCUT2D eigenvalue weighted by Gasteiger charge is -2.33. The van der Waals surface area contributed by atoms with Gasteiger partial charge in [0, 0.05) is 55.1 Å². The van der Waals surface area contributed by atoms with Crippen LogP contribution in [0.2, 0.25) is 0 Å². The highest BCUT2D eigenvalue weighted by molar-refractivity contribution is 6.04. The molecule has 0 unspecified atom stereocenters. The number of alkyl halides is 6. The van der Waals surface area contributed by atoms with E-state index in [4.69, 9.17) is 0 Å². The van der Waals surface area contributed by atoms with Crippen LogP contribution in [0.1, 0.15) is 43.9 Å². The SMILES string of the molecule is Cc1ccc(C(=O)Nc2ccc(CN3CCN(C)CC3)c(C(F)(F)F)c2)cc1C#Cc1ccc(-c2ccc(C(F)(F)F)cc2)nn1. The molecule has 0 spiro atoms. The van der Waals surface area contributed by atoms with E-state index in [1.807, 2.05) is 11.9 Å². The molecule has 1 amide bonds. The zero-order valence-electron chi connectivity index (χ0n) is 24.9. The van der Waals surface area contributed by atoms with E-state index in [0.717, 1.165) is 36.9 Å². The van der Waals surface area contributed by atoms with E-state index in [2.05, 4.69) is 32.3 Å². The molecule has 4 aromatic rings. The van der Waals surface area contributed by atoms with Crippen LogP contribution in [0.3, 0.4) is 0 Å². The number of hydrogen-bond donors (Lipinski definition) is 1. The van der Waals surface area contributed by atoms with Crippen LogP contribution in [0.25, 0.3) is 11.3 Å². The largest absolute Gasteiger partial charge is 0.416 e. The Morgan fingerprint density at radius 1 is 0.826 bits per heavy atom. The van der Waals surface area contributed by atoms with E-state index in [0.29, 0.717) is 35.6 Å². The van der Waals surface area contributed by atoms with Gasteiger partial charge in [-0.15, -0.1) is 10.2 Å². The Morgan fingerprint density at radius 2 is 1.54 bits per heavy atom. The Hall–Kier alpha value is -4.73. The summed E-state index contributed by atoms with van der Waals surface area (Å²) in [5, 5.41) is 10.7. The number of nitrogens with one attached hydrogen (secondary N) is 1. The first-order valence-corrected chi connectivity index (χ1v) is 14.3. The average Bonchev–Trinajstić information content (AvgIpc) is 3.02. The highest BCUT2D eigenvalue weighted by atomic mass is 19.4. The summed E-state index contributed by atoms with van der Waals surface area (Å²) in [4.78, 5) is 17.2. The van der Waals surface area contributed by atoms with Crippen LogP contribution in [0.15, 0.2) is 72.8 Å². The molecule has 3 aromatic carbocycles. The van der Waals surface area contributed by atoms with Gasteiger partial charge in [-0.1, -0.05) is 30.2 Å². The van der Waals surface area contributed by atoms with Crippen LogP contribution in [0.4, 0.5) is 32.0 Å². The van der Waals surface area contributed by atoms with Crippen LogP contribution in [-0.4, -0.2) is 59.1 Å². The number of halogens is 6. The van der Waals surface area contributed by atoms with Crippen molar-refractivity contribution in [2.45, 2.75) is 25.8 Å². The molecule has 6 nitrogen and oxygen atoms in total. The molecular formula is C34H29F6N5O. The number of likely N-dealkylation sites (N-methyl/N-ethyl adjacent to an activating group) is 1. The van der Waals surface area contributed by atoms with Crippen molar-refractivity contribution < 1.29 is 31.1 Å². The van der Waals surface area contributed by atoms with E-state index in [9.17, 15) is 31.1 Å². The number of aromatic nitrogens is 2. The maximum atomic E-state index is 14.0. The van der Waals surface area contributed by atoms with Crippen LogP contribution in [0.5, 0.6) is 0 Å². The standard InChI is InChI=1S/C34H29F6N5O/c1-22-3-4-25(19-24(22)7-11-28-13-14-31(43-42-28)23-5-9-27(10-6-23)33(35,36)37)32(46)41-29-12-8-26(30(20-29)34(38,39)40)21-45-17-15-44(2)16-18-45/h3-6,8-10,12-14,19-20H,15-18,21H2,1-2H3,(H,41,46). The first kappa shape index (κ1) is 32.7. The van der Waals surface area contributed by atoms with E-state index >= 15 is 0 Å². The molecule has 0 saturated carbocycles. The van der Waals surface area contributed by atoms with Crippen LogP contribution in [-0.2, 0) is 18.9 Å². The van der Waals surface area contributed by atoms with Crippen molar-refractivity contribution >= 4 is 11.6 Å². The number of piperazine rings is 1. The third-order valence-corrected chi connectivity index (χ3v) is 7.66. The molecule has 2 heterocycles. The van der Waals surface area contributed by atoms with Gasteiger partial charge < -0.3 is 10.2 Å². The Balaban J connectivity index is 1.29. The minimum atomic E-state index is -4.59. The number of carbonyl (C=O) groups excluding carboxylic acids is 1. The fourth-order valence-corrected chi connectivity index (χ4v) is 4.92. The Morgan fingerprint density at radius 3 is 2.17 bits per heavy atom. The zero-order valence-corrected chi connectivity index (χ0v) is 24.9. The van der Waals surface area contributed by atoms with Crippen molar-refractivity contribution in [2.24, 2.45) is 0 Å². The predicted molar refractivity (Wildman–Crippen MR) is 162 cm³/mol. The first-order valence-electron chi connectivity index (χ1n) is 14.3. The number of anilines is 1. The molecule has 238 valence electrons. The third kappa shape index (κ3) is 8.10. The fraction of sp³-hybridized carbons (Fsp3) is 0.265. The number of aryl methyl sites for hydroxylation is 1. The molecule has 1 aliphatic heterocycles. The van der Waals surface area contributed by atoms with Crippen LogP contribution >= 0.6 is 0 Å². The number of carbonyl (C=O) groups is 1. The summed E-state index contributed by atoms with van der Waals surface area (Å²) >= 11 is 0. The second-order valence-corrected chi connectivity index (χ2v) is 11.1. The molecular weight excluding hydrogens is 608 g/mol. The number of nitrogens with zero attached hydrogens (tertiary/aromatic N) is 4. The second kappa shape index (κ2) is 13.3. The van der Waals surface area contributed by atoms with Crippen LogP contribution in [0, 0.1) is 18.8 Å². The predicted octanol–water partition coefficient (Wildman–Crippen LogP) is 6.89. The van der Waals surface area contributed by atoms with E-state index in [1.54, 1.807) is 31.2 Å². The molecule has 1 N–H and O–H groups in total. The number of benzene rings is 3. The lowest BCUT2D eigenvalue weighted by molar-refractivity contribution is -0.139. The molecule has 12 heteroatoms. The normalized spacial score (nSPS) is 14.4. The van der Waals surface area contributed by atoms with Gasteiger partial charge in [-0.05, 0) is 79.5 Å². The van der Waals surface area contributed by atoms with E-state index in [1.165, 1.54) is 30.3 Å². The maximum absolute atomic E-state index is 14.0. The minimum Gasteiger partial charge on any atom is -0.322 e. The summed E-state index contributed by atoms with van der Waals surface area (Å²) < 4.78 is 80.5. The van der Waals surface area contributed by atoms with Crippen molar-refractivity contribution in [2.75, 3.05) is 38.5 Å². The minimum absolute atomic E-state index is 0.0241. The van der Waals surface area contributed by atoms with Gasteiger partial charge in [0.25, 0.3) is 5.91 Å². The zero-order chi connectivity index (χ0) is 33.1. The summed E-state index contributed by atoms with van der Waals surface area (Å²) in [7, 11) is 1.98. The van der Waals surface area contributed by atoms with Gasteiger partial charge in [0.15, 0.2) is 0 Å². The average molecular weight is 638 g/mol. The van der Waals surface area contributed by atoms with Gasteiger partial charge >= 0.3 is 12.4 Å². The van der Waals surface area contributed by atoms with Gasteiger partial charge in [0.2, 0.25) is 0 Å². The molecule has 0 bridgehead atoms. The smallest absolute Gasteiger partial charge is 0.322 e. The summed E-state index contributed by atoms with van der Waals surface area (Å²) in [6.07, 6.45) is -9.03. The third-order valence-electron chi connectivity index (χ3n) is 7.66. The molecule has 1 aromatic heterocycles. The summed E-state index contributed by atoms with van der Waals surface area (Å²) in [5.41, 5.74) is 1.20. The summed E-state index contributed by atoms with van der Waals surface area (Å²) in [6, 6.07) is 16.3. The van der Waals surface area contributed by atoms with Crippen molar-refractivity contribution in [1.29, 1.82) is 0 Å². The second-order valence-electron chi connectivity index (χ2n) is 11.1. The lowest BCUT2D eigenvalue weighted by atomic mass is 10.0. The van der Waals surface area contributed by atoms with E-state index < -0.39 is 29.4 Å². The molecule has 46 heavy (non-hydrogen) atoms. The molecule has 1 aliphatic rings. The van der Waals surface area contributed by atoms with E-state index in [-0.39, 0.29) is 23.4 Å². The van der Waals surface area contributed by atoms with Gasteiger partial charge in [0.05, 0.1) is 16.8 Å². The fourth-order valence-electron chi connectivity index (χ4n) is 4.92. The maximum Gasteiger partial charge on any atom is 0.416 e. The van der Waals surface area contributed by atoms with Crippen molar-refractivity contribution in [1.82, 2.24) is 20.0 Å². The van der Waals surface area contributed by atoms with Crippen molar-refractivity contribution in [3.05, 3.63) is 112 Å². The molecule has 1 fully saturated rings. The molecule has 0 atom stereocenters. The summed E-state index contributed by atoms with van der Waals surface area (Å²) in [6.45, 7) is 4.86. The first-order chi connectivity index (χ1) is 21.8. The monoisotopic (exact) mass is 637 g/mol. The van der Waals surface area contributed by atoms with Gasteiger partial charge in [-0.25, -0.2) is 0 Å². The highest BCUT2D eigenvalue weighted by Gasteiger charge is 2.34. The number of rotatable bonds is 5. The van der Waals surface area contributed by atoms with Gasteiger partial charge in [0.1, 0.15) is 5.69 Å². The topological polar surface area (TPSA) is 61.4 Å². The van der Waals surface area contributed by atoms with Crippen LogP contribution < -0.4 is 5.32 Å². The molecule has 1 saturated heterocycles. The molecule has 0 aliphatic carbocycles. The highest BCUT2D eigenvalue weighted by Crippen LogP contribution is 2.35. The van der Waals surface area contributed by atoms with Gasteiger partial charge in [-0.2, -0.15) is 26.3 Å². The van der Waals surface area contributed by atoms with Gasteiger partial charge in [-0.3, -0.25) is 9.69 Å². The van der Waals surface area contributed by atoms with Crippen molar-refractivity contribution in [3.63, 3.8) is 0 Å².